The summed E-state index contributed by atoms with van der Waals surface area (Å²) in [4.78, 5) is 33.7. The highest BCUT2D eigenvalue weighted by Gasteiger charge is 2.34. The van der Waals surface area contributed by atoms with Gasteiger partial charge in [-0.3, -0.25) is 9.59 Å². The third kappa shape index (κ3) is 9.55. The number of halogens is 3. The molecule has 1 aliphatic heterocycles. The summed E-state index contributed by atoms with van der Waals surface area (Å²) in [6.07, 6.45) is 3.21. The molecule has 0 bridgehead atoms. The first-order valence-corrected chi connectivity index (χ1v) is 15.4. The molecule has 0 saturated carbocycles. The Labute approximate surface area is 259 Å². The SMILES string of the molecule is CCCCCc1ccc(CN(C(=O)/C=C/c2ccc(C(F)(F)F)cc2)[C@@H](Cc2ccccc2)C(=O)N2CCN(C)CC2)cc1. The first kappa shape index (κ1) is 33.0. The molecule has 0 N–H and O–H groups in total. The molecule has 2 amide bonds. The standard InChI is InChI=1S/C36H42F3N3O2/c1-3-4-6-9-28-12-14-31(15-13-28)27-42(34(43)21-18-29-16-19-32(20-17-29)36(37,38)39)33(26-30-10-7-5-8-11-30)35(44)41-24-22-40(2)23-25-41/h5,7-8,10-21,33H,3-4,6,9,22-27H2,1-2H3/b21-18+/t33-/m0/s1. The number of likely N-dealkylation sites (N-methyl/N-ethyl adjacent to an activating group) is 1. The van der Waals surface area contributed by atoms with E-state index in [1.807, 2.05) is 54.4 Å². The first-order chi connectivity index (χ1) is 21.1. The van der Waals surface area contributed by atoms with E-state index in [9.17, 15) is 22.8 Å². The zero-order valence-corrected chi connectivity index (χ0v) is 25.6. The van der Waals surface area contributed by atoms with Gasteiger partial charge in [-0.05, 0) is 60.4 Å². The highest BCUT2D eigenvalue weighted by molar-refractivity contribution is 5.95. The fourth-order valence-corrected chi connectivity index (χ4v) is 5.38. The van der Waals surface area contributed by atoms with E-state index in [1.165, 1.54) is 36.3 Å². The van der Waals surface area contributed by atoms with Crippen molar-refractivity contribution in [1.29, 1.82) is 0 Å². The lowest BCUT2D eigenvalue weighted by Crippen LogP contribution is -2.55. The number of aryl methyl sites for hydroxylation is 1. The van der Waals surface area contributed by atoms with Gasteiger partial charge in [0.05, 0.1) is 5.56 Å². The number of alkyl halides is 3. The molecule has 1 atom stereocenters. The molecule has 1 heterocycles. The Morgan fingerprint density at radius 3 is 2.09 bits per heavy atom. The zero-order chi connectivity index (χ0) is 31.5. The molecular weight excluding hydrogens is 563 g/mol. The minimum absolute atomic E-state index is 0.102. The van der Waals surface area contributed by atoms with Gasteiger partial charge in [0, 0.05) is 45.2 Å². The molecule has 0 radical (unpaired) electrons. The molecule has 0 spiro atoms. The Morgan fingerprint density at radius 2 is 1.48 bits per heavy atom. The van der Waals surface area contributed by atoms with Gasteiger partial charge in [0.25, 0.3) is 0 Å². The molecule has 1 fully saturated rings. The van der Waals surface area contributed by atoms with E-state index in [1.54, 1.807) is 4.90 Å². The number of amides is 2. The maximum Gasteiger partial charge on any atom is 0.416 e. The summed E-state index contributed by atoms with van der Waals surface area (Å²) in [5.74, 6) is -0.477. The van der Waals surface area contributed by atoms with E-state index in [0.29, 0.717) is 25.1 Å². The molecule has 8 heteroatoms. The topological polar surface area (TPSA) is 43.9 Å². The third-order valence-electron chi connectivity index (χ3n) is 8.13. The Kier molecular flexibility index (Phi) is 11.8. The lowest BCUT2D eigenvalue weighted by molar-refractivity contribution is -0.145. The molecule has 0 unspecified atom stereocenters. The zero-order valence-electron chi connectivity index (χ0n) is 25.6. The van der Waals surface area contributed by atoms with Gasteiger partial charge >= 0.3 is 6.18 Å². The van der Waals surface area contributed by atoms with Crippen LogP contribution in [0.2, 0.25) is 0 Å². The van der Waals surface area contributed by atoms with Crippen LogP contribution in [0.15, 0.2) is 84.9 Å². The van der Waals surface area contributed by atoms with Crippen LogP contribution in [-0.4, -0.2) is 65.8 Å². The largest absolute Gasteiger partial charge is 0.416 e. The van der Waals surface area contributed by atoms with Crippen molar-refractivity contribution in [3.05, 3.63) is 113 Å². The van der Waals surface area contributed by atoms with E-state index in [2.05, 4.69) is 24.0 Å². The van der Waals surface area contributed by atoms with Crippen molar-refractivity contribution in [2.45, 2.75) is 57.8 Å². The molecule has 1 aliphatic rings. The quantitative estimate of drug-likeness (QED) is 0.167. The fraction of sp³-hybridized carbons (Fsp3) is 0.389. The van der Waals surface area contributed by atoms with Gasteiger partial charge in [-0.1, -0.05) is 86.5 Å². The van der Waals surface area contributed by atoms with Gasteiger partial charge in [-0.15, -0.1) is 0 Å². The van der Waals surface area contributed by atoms with Crippen LogP contribution in [0, 0.1) is 0 Å². The molecule has 0 aliphatic carbocycles. The number of carbonyl (C=O) groups is 2. The number of rotatable bonds is 12. The summed E-state index contributed by atoms with van der Waals surface area (Å²) in [6, 6.07) is 21.8. The second kappa shape index (κ2) is 15.7. The van der Waals surface area contributed by atoms with Crippen LogP contribution in [0.4, 0.5) is 13.2 Å². The van der Waals surface area contributed by atoms with Crippen LogP contribution in [0.25, 0.3) is 6.08 Å². The van der Waals surface area contributed by atoms with Gasteiger partial charge in [0.2, 0.25) is 11.8 Å². The molecule has 234 valence electrons. The van der Waals surface area contributed by atoms with Crippen molar-refractivity contribution in [3.8, 4) is 0 Å². The number of nitrogens with zero attached hydrogens (tertiary/aromatic N) is 3. The Morgan fingerprint density at radius 1 is 0.841 bits per heavy atom. The van der Waals surface area contributed by atoms with Gasteiger partial charge in [-0.25, -0.2) is 0 Å². The number of benzene rings is 3. The van der Waals surface area contributed by atoms with Crippen LogP contribution in [0.3, 0.4) is 0 Å². The van der Waals surface area contributed by atoms with Crippen molar-refractivity contribution in [2.75, 3.05) is 33.2 Å². The van der Waals surface area contributed by atoms with Crippen molar-refractivity contribution >= 4 is 17.9 Å². The molecule has 1 saturated heterocycles. The molecule has 3 aromatic rings. The maximum atomic E-state index is 14.1. The van der Waals surface area contributed by atoms with E-state index < -0.39 is 17.8 Å². The van der Waals surface area contributed by atoms with Gasteiger partial charge in [0.15, 0.2) is 0 Å². The highest BCUT2D eigenvalue weighted by Crippen LogP contribution is 2.29. The van der Waals surface area contributed by atoms with Crippen LogP contribution in [-0.2, 0) is 35.2 Å². The van der Waals surface area contributed by atoms with E-state index in [-0.39, 0.29) is 18.4 Å². The summed E-state index contributed by atoms with van der Waals surface area (Å²) in [7, 11) is 2.02. The average molecular weight is 606 g/mol. The molecule has 44 heavy (non-hydrogen) atoms. The molecule has 0 aromatic heterocycles. The molecular formula is C36H42F3N3O2. The van der Waals surface area contributed by atoms with E-state index in [4.69, 9.17) is 0 Å². The van der Waals surface area contributed by atoms with Crippen LogP contribution >= 0.6 is 0 Å². The number of piperazine rings is 1. The minimum Gasteiger partial charge on any atom is -0.338 e. The first-order valence-electron chi connectivity index (χ1n) is 15.4. The summed E-state index contributed by atoms with van der Waals surface area (Å²) in [5, 5.41) is 0. The molecule has 5 nitrogen and oxygen atoms in total. The molecule has 4 rings (SSSR count). The third-order valence-corrected chi connectivity index (χ3v) is 8.13. The number of hydrogen-bond donors (Lipinski definition) is 0. The number of hydrogen-bond acceptors (Lipinski definition) is 3. The predicted octanol–water partition coefficient (Wildman–Crippen LogP) is 6.87. The van der Waals surface area contributed by atoms with Crippen molar-refractivity contribution in [2.24, 2.45) is 0 Å². The minimum atomic E-state index is -4.44. The van der Waals surface area contributed by atoms with Crippen LogP contribution in [0.5, 0.6) is 0 Å². The Hall–Kier alpha value is -3.91. The maximum absolute atomic E-state index is 14.1. The number of unbranched alkanes of at least 4 members (excludes halogenated alkanes) is 2. The van der Waals surface area contributed by atoms with Gasteiger partial charge < -0.3 is 14.7 Å². The second-order valence-electron chi connectivity index (χ2n) is 11.5. The Bertz CT molecular complexity index is 1360. The second-order valence-corrected chi connectivity index (χ2v) is 11.5. The van der Waals surface area contributed by atoms with Crippen molar-refractivity contribution < 1.29 is 22.8 Å². The van der Waals surface area contributed by atoms with Crippen molar-refractivity contribution in [1.82, 2.24) is 14.7 Å². The predicted molar refractivity (Wildman–Crippen MR) is 169 cm³/mol. The summed E-state index contributed by atoms with van der Waals surface area (Å²) in [6.45, 7) is 5.07. The van der Waals surface area contributed by atoms with E-state index >= 15 is 0 Å². The highest BCUT2D eigenvalue weighted by atomic mass is 19.4. The number of carbonyl (C=O) groups excluding carboxylic acids is 2. The van der Waals surface area contributed by atoms with Crippen LogP contribution < -0.4 is 0 Å². The van der Waals surface area contributed by atoms with E-state index in [0.717, 1.165) is 55.6 Å². The average Bonchev–Trinajstić information content (AvgIpc) is 3.02. The molecule has 3 aromatic carbocycles. The lowest BCUT2D eigenvalue weighted by atomic mass is 10.0. The van der Waals surface area contributed by atoms with Crippen molar-refractivity contribution in [3.63, 3.8) is 0 Å². The van der Waals surface area contributed by atoms with Gasteiger partial charge in [-0.2, -0.15) is 13.2 Å². The smallest absolute Gasteiger partial charge is 0.338 e. The summed E-state index contributed by atoms with van der Waals surface area (Å²) < 4.78 is 39.1. The lowest BCUT2D eigenvalue weighted by Gasteiger charge is -2.38. The monoisotopic (exact) mass is 605 g/mol. The van der Waals surface area contributed by atoms with Crippen LogP contribution in [0.1, 0.15) is 54.0 Å². The van der Waals surface area contributed by atoms with Gasteiger partial charge in [0.1, 0.15) is 6.04 Å². The normalized spacial score (nSPS) is 15.0. The summed E-state index contributed by atoms with van der Waals surface area (Å²) >= 11 is 0. The fourth-order valence-electron chi connectivity index (χ4n) is 5.38. The Balaban J connectivity index is 1.64. The summed E-state index contributed by atoms with van der Waals surface area (Å²) in [5.41, 5.74) is 2.80.